The van der Waals surface area contributed by atoms with Gasteiger partial charge in [0.25, 0.3) is 0 Å². The molecule has 0 aliphatic heterocycles. The zero-order chi connectivity index (χ0) is 26.9. The Morgan fingerprint density at radius 3 is 2.28 bits per heavy atom. The van der Waals surface area contributed by atoms with E-state index >= 15 is 0 Å². The maximum atomic E-state index is 13.3. The van der Waals surface area contributed by atoms with Crippen LogP contribution in [0, 0.1) is 0 Å². The second-order valence-electron chi connectivity index (χ2n) is 9.88. The lowest BCUT2D eigenvalue weighted by molar-refractivity contribution is -0.140. The Balaban J connectivity index is 2.14. The van der Waals surface area contributed by atoms with Crippen molar-refractivity contribution in [1.82, 2.24) is 10.2 Å². The molecule has 1 atom stereocenters. The van der Waals surface area contributed by atoms with E-state index in [2.05, 4.69) is 5.32 Å². The summed E-state index contributed by atoms with van der Waals surface area (Å²) in [5, 5.41) is 2.95. The molecule has 0 aliphatic carbocycles. The van der Waals surface area contributed by atoms with Crippen LogP contribution >= 0.6 is 0 Å². The second-order valence-corrected chi connectivity index (χ2v) is 11.8. The Bertz CT molecular complexity index is 1110. The molecule has 0 saturated heterocycles. The van der Waals surface area contributed by atoms with Crippen molar-refractivity contribution in [3.63, 3.8) is 0 Å². The molecule has 2 amide bonds. The van der Waals surface area contributed by atoms with Crippen molar-refractivity contribution in [3.05, 3.63) is 60.2 Å². The number of carbonyl (C=O) groups is 2. The minimum atomic E-state index is -3.57. The Hall–Kier alpha value is -3.07. The summed E-state index contributed by atoms with van der Waals surface area (Å²) in [6.45, 7) is 7.92. The number of sulfonamides is 1. The molecule has 0 spiro atoms. The number of benzene rings is 2. The lowest BCUT2D eigenvalue weighted by atomic mass is 10.1. The van der Waals surface area contributed by atoms with E-state index in [-0.39, 0.29) is 24.8 Å². The van der Waals surface area contributed by atoms with Crippen molar-refractivity contribution >= 4 is 27.5 Å². The van der Waals surface area contributed by atoms with E-state index in [1.807, 2.05) is 51.1 Å². The van der Waals surface area contributed by atoms with E-state index < -0.39 is 21.6 Å². The molecular formula is C27H39N3O5S. The monoisotopic (exact) mass is 517 g/mol. The first-order chi connectivity index (χ1) is 16.8. The Morgan fingerprint density at radius 1 is 1.03 bits per heavy atom. The first-order valence-corrected chi connectivity index (χ1v) is 13.9. The smallest absolute Gasteiger partial charge is 0.242 e. The number of hydrogen-bond donors (Lipinski definition) is 1. The Labute approximate surface area is 215 Å². The SMILES string of the molecule is COc1cccc(N(CCCC(=O)N(CCc2ccccc2)[C@@H](C)C(=O)NC(C)(C)C)S(C)(=O)=O)c1. The van der Waals surface area contributed by atoms with Gasteiger partial charge in [0.15, 0.2) is 0 Å². The number of nitrogens with one attached hydrogen (secondary N) is 1. The number of hydrogen-bond acceptors (Lipinski definition) is 5. The number of carbonyl (C=O) groups excluding carboxylic acids is 2. The van der Waals surface area contributed by atoms with E-state index in [4.69, 9.17) is 4.74 Å². The van der Waals surface area contributed by atoms with Crippen molar-refractivity contribution in [3.8, 4) is 5.75 Å². The summed E-state index contributed by atoms with van der Waals surface area (Å²) in [7, 11) is -2.05. The van der Waals surface area contributed by atoms with Gasteiger partial charge in [0, 0.05) is 31.1 Å². The number of ether oxygens (including phenoxy) is 1. The van der Waals surface area contributed by atoms with Gasteiger partial charge in [-0.05, 0) is 58.2 Å². The fourth-order valence-electron chi connectivity index (χ4n) is 3.81. The predicted molar refractivity (Wildman–Crippen MR) is 144 cm³/mol. The molecular weight excluding hydrogens is 478 g/mol. The number of amides is 2. The molecule has 0 fully saturated rings. The van der Waals surface area contributed by atoms with E-state index in [1.54, 1.807) is 36.1 Å². The summed E-state index contributed by atoms with van der Waals surface area (Å²) in [5.41, 5.74) is 1.12. The number of nitrogens with zero attached hydrogens (tertiary/aromatic N) is 2. The van der Waals surface area contributed by atoms with Gasteiger partial charge < -0.3 is 15.0 Å². The third kappa shape index (κ3) is 9.18. The van der Waals surface area contributed by atoms with Gasteiger partial charge in [0.05, 0.1) is 19.1 Å². The molecule has 2 aromatic carbocycles. The summed E-state index contributed by atoms with van der Waals surface area (Å²) in [4.78, 5) is 27.8. The normalized spacial score (nSPS) is 12.5. The third-order valence-corrected chi connectivity index (χ3v) is 6.84. The van der Waals surface area contributed by atoms with Gasteiger partial charge in [-0.2, -0.15) is 0 Å². The summed E-state index contributed by atoms with van der Waals surface area (Å²) in [5.74, 6) is 0.127. The minimum absolute atomic E-state index is 0.109. The number of methoxy groups -OCH3 is 1. The average Bonchev–Trinajstić information content (AvgIpc) is 2.80. The molecule has 0 bridgehead atoms. The predicted octanol–water partition coefficient (Wildman–Crippen LogP) is 3.62. The highest BCUT2D eigenvalue weighted by atomic mass is 32.2. The topological polar surface area (TPSA) is 96.0 Å². The van der Waals surface area contributed by atoms with Crippen molar-refractivity contribution in [2.75, 3.05) is 30.8 Å². The van der Waals surface area contributed by atoms with Crippen LogP contribution in [0.15, 0.2) is 54.6 Å². The average molecular weight is 518 g/mol. The highest BCUT2D eigenvalue weighted by Crippen LogP contribution is 2.23. The van der Waals surface area contributed by atoms with Crippen LogP contribution in [0.4, 0.5) is 5.69 Å². The third-order valence-electron chi connectivity index (χ3n) is 5.64. The van der Waals surface area contributed by atoms with E-state index in [0.717, 1.165) is 11.8 Å². The molecule has 36 heavy (non-hydrogen) atoms. The van der Waals surface area contributed by atoms with Gasteiger partial charge in [-0.3, -0.25) is 13.9 Å². The first kappa shape index (κ1) is 29.2. The number of anilines is 1. The van der Waals surface area contributed by atoms with Crippen molar-refractivity contribution < 1.29 is 22.7 Å². The largest absolute Gasteiger partial charge is 0.497 e. The molecule has 0 unspecified atom stereocenters. The molecule has 0 aliphatic rings. The Morgan fingerprint density at radius 2 is 1.69 bits per heavy atom. The first-order valence-electron chi connectivity index (χ1n) is 12.1. The molecule has 8 nitrogen and oxygen atoms in total. The zero-order valence-corrected chi connectivity index (χ0v) is 23.0. The molecule has 198 valence electrons. The van der Waals surface area contributed by atoms with Crippen LogP contribution in [0.25, 0.3) is 0 Å². The van der Waals surface area contributed by atoms with Crippen LogP contribution in [0.5, 0.6) is 5.75 Å². The molecule has 9 heteroatoms. The summed E-state index contributed by atoms with van der Waals surface area (Å²) in [6, 6.07) is 15.9. The highest BCUT2D eigenvalue weighted by molar-refractivity contribution is 7.92. The van der Waals surface area contributed by atoms with E-state index in [1.165, 1.54) is 11.4 Å². The minimum Gasteiger partial charge on any atom is -0.497 e. The zero-order valence-electron chi connectivity index (χ0n) is 22.2. The lowest BCUT2D eigenvalue weighted by Gasteiger charge is -2.32. The number of rotatable bonds is 12. The van der Waals surface area contributed by atoms with Crippen LogP contribution in [-0.2, 0) is 26.0 Å². The van der Waals surface area contributed by atoms with Gasteiger partial charge >= 0.3 is 0 Å². The molecule has 0 radical (unpaired) electrons. The summed E-state index contributed by atoms with van der Waals surface area (Å²) in [6.07, 6.45) is 2.16. The van der Waals surface area contributed by atoms with E-state index in [0.29, 0.717) is 30.8 Å². The molecule has 2 aromatic rings. The Kier molecular flexibility index (Phi) is 10.3. The van der Waals surface area contributed by atoms with Crippen LogP contribution in [0.3, 0.4) is 0 Å². The summed E-state index contributed by atoms with van der Waals surface area (Å²) >= 11 is 0. The highest BCUT2D eigenvalue weighted by Gasteiger charge is 2.28. The van der Waals surface area contributed by atoms with Crippen molar-refractivity contribution in [2.45, 2.75) is 58.5 Å². The maximum absolute atomic E-state index is 13.3. The van der Waals surface area contributed by atoms with E-state index in [9.17, 15) is 18.0 Å². The molecule has 1 N–H and O–H groups in total. The van der Waals surface area contributed by atoms with Gasteiger partial charge in [0.1, 0.15) is 11.8 Å². The quantitative estimate of drug-likeness (QED) is 0.464. The fraction of sp³-hybridized carbons (Fsp3) is 0.481. The molecule has 0 saturated carbocycles. The van der Waals surface area contributed by atoms with Crippen molar-refractivity contribution in [2.24, 2.45) is 0 Å². The maximum Gasteiger partial charge on any atom is 0.242 e. The molecule has 0 heterocycles. The lowest BCUT2D eigenvalue weighted by Crippen LogP contribution is -2.53. The summed E-state index contributed by atoms with van der Waals surface area (Å²) < 4.78 is 31.4. The standard InChI is InChI=1S/C27H39N3O5S/c1-21(26(32)28-27(2,3)4)29(19-17-22-12-8-7-9-13-22)25(31)16-11-18-30(36(6,33)34)23-14-10-15-24(20-23)35-5/h7-10,12-15,20-21H,11,16-19H2,1-6H3,(H,28,32)/t21-/m0/s1. The van der Waals surface area contributed by atoms with Gasteiger partial charge in [-0.25, -0.2) is 8.42 Å². The second kappa shape index (κ2) is 12.8. The van der Waals surface area contributed by atoms with Crippen molar-refractivity contribution in [1.29, 1.82) is 0 Å². The van der Waals surface area contributed by atoms with Gasteiger partial charge in [-0.1, -0.05) is 36.4 Å². The van der Waals surface area contributed by atoms with Crippen LogP contribution in [0.2, 0.25) is 0 Å². The van der Waals surface area contributed by atoms with Crippen LogP contribution < -0.4 is 14.4 Å². The van der Waals surface area contributed by atoms with Crippen LogP contribution in [0.1, 0.15) is 46.1 Å². The fourth-order valence-corrected chi connectivity index (χ4v) is 4.77. The molecule has 2 rings (SSSR count). The van der Waals surface area contributed by atoms with Gasteiger partial charge in [-0.15, -0.1) is 0 Å². The molecule has 0 aromatic heterocycles. The van der Waals surface area contributed by atoms with Crippen LogP contribution in [-0.4, -0.2) is 63.2 Å². The van der Waals surface area contributed by atoms with Gasteiger partial charge in [0.2, 0.25) is 21.8 Å².